The first kappa shape index (κ1) is 10.3. The standard InChI is InChI=1S/C17H16/c1-3-8-14(9-4-1)17(16-12-7-13-16)15-10-5-2-6-11-15/h1-6,8-11H,7,12-13H2. The summed E-state index contributed by atoms with van der Waals surface area (Å²) in [5, 5.41) is 0. The van der Waals surface area contributed by atoms with Crippen LogP contribution in [0.15, 0.2) is 66.2 Å². The van der Waals surface area contributed by atoms with Gasteiger partial charge in [-0.3, -0.25) is 0 Å². The fourth-order valence-corrected chi connectivity index (χ4v) is 2.39. The second kappa shape index (κ2) is 4.58. The van der Waals surface area contributed by atoms with Crippen molar-refractivity contribution in [1.29, 1.82) is 0 Å². The maximum Gasteiger partial charge on any atom is -0.0119 e. The van der Waals surface area contributed by atoms with Crippen molar-refractivity contribution in [1.82, 2.24) is 0 Å². The number of rotatable bonds is 2. The Morgan fingerprint density at radius 2 is 1.12 bits per heavy atom. The largest absolute Gasteiger partial charge is 0.0622 e. The number of allylic oxidation sites excluding steroid dienone is 1. The van der Waals surface area contributed by atoms with Crippen molar-refractivity contribution in [2.75, 3.05) is 0 Å². The topological polar surface area (TPSA) is 0 Å². The molecule has 1 aliphatic rings. The van der Waals surface area contributed by atoms with E-state index in [1.807, 2.05) is 0 Å². The van der Waals surface area contributed by atoms with E-state index in [9.17, 15) is 0 Å². The minimum Gasteiger partial charge on any atom is -0.0622 e. The van der Waals surface area contributed by atoms with E-state index in [-0.39, 0.29) is 0 Å². The normalized spacial score (nSPS) is 14.2. The van der Waals surface area contributed by atoms with Gasteiger partial charge in [0.25, 0.3) is 0 Å². The first-order chi connectivity index (χ1) is 8.45. The Balaban J connectivity index is 2.12. The molecular formula is C17H16. The van der Waals surface area contributed by atoms with Crippen LogP contribution >= 0.6 is 0 Å². The molecule has 0 unspecified atom stereocenters. The van der Waals surface area contributed by atoms with Crippen molar-refractivity contribution >= 4 is 5.57 Å². The molecule has 0 nitrogen and oxygen atoms in total. The lowest BCUT2D eigenvalue weighted by molar-refractivity contribution is 0.666. The lowest BCUT2D eigenvalue weighted by Crippen LogP contribution is -2.02. The van der Waals surface area contributed by atoms with Gasteiger partial charge in [-0.1, -0.05) is 66.2 Å². The van der Waals surface area contributed by atoms with Crippen LogP contribution in [0.25, 0.3) is 5.57 Å². The summed E-state index contributed by atoms with van der Waals surface area (Å²) in [5.74, 6) is 0. The van der Waals surface area contributed by atoms with Crippen LogP contribution in [0.4, 0.5) is 0 Å². The summed E-state index contributed by atoms with van der Waals surface area (Å²) in [6, 6.07) is 21.5. The van der Waals surface area contributed by atoms with Crippen LogP contribution in [-0.2, 0) is 0 Å². The van der Waals surface area contributed by atoms with Crippen LogP contribution in [0.2, 0.25) is 0 Å². The van der Waals surface area contributed by atoms with Crippen molar-refractivity contribution in [2.24, 2.45) is 0 Å². The SMILES string of the molecule is c1ccc(C(=C2CCC2)c2ccccc2)cc1. The van der Waals surface area contributed by atoms with E-state index >= 15 is 0 Å². The molecule has 3 rings (SSSR count). The monoisotopic (exact) mass is 220 g/mol. The van der Waals surface area contributed by atoms with E-state index in [2.05, 4.69) is 60.7 Å². The molecular weight excluding hydrogens is 204 g/mol. The summed E-state index contributed by atoms with van der Waals surface area (Å²) in [5.41, 5.74) is 5.78. The van der Waals surface area contributed by atoms with Gasteiger partial charge in [-0.05, 0) is 36.0 Å². The fraction of sp³-hybridized carbons (Fsp3) is 0.176. The predicted molar refractivity (Wildman–Crippen MR) is 72.8 cm³/mol. The first-order valence-electron chi connectivity index (χ1n) is 6.28. The number of benzene rings is 2. The highest BCUT2D eigenvalue weighted by atomic mass is 14.2. The molecule has 0 amide bonds. The lowest BCUT2D eigenvalue weighted by atomic mass is 9.82. The van der Waals surface area contributed by atoms with Crippen molar-refractivity contribution in [3.05, 3.63) is 77.4 Å². The van der Waals surface area contributed by atoms with Crippen molar-refractivity contribution in [3.8, 4) is 0 Å². The molecule has 2 aromatic carbocycles. The molecule has 0 heterocycles. The number of hydrogen-bond acceptors (Lipinski definition) is 0. The molecule has 17 heavy (non-hydrogen) atoms. The van der Waals surface area contributed by atoms with Gasteiger partial charge in [-0.25, -0.2) is 0 Å². The van der Waals surface area contributed by atoms with Crippen LogP contribution < -0.4 is 0 Å². The summed E-state index contributed by atoms with van der Waals surface area (Å²) in [7, 11) is 0. The molecule has 0 spiro atoms. The molecule has 1 fully saturated rings. The molecule has 1 saturated carbocycles. The van der Waals surface area contributed by atoms with E-state index in [1.54, 1.807) is 5.57 Å². The first-order valence-corrected chi connectivity index (χ1v) is 6.28. The summed E-state index contributed by atoms with van der Waals surface area (Å²) >= 11 is 0. The Bertz CT molecular complexity index is 473. The minimum absolute atomic E-state index is 1.26. The van der Waals surface area contributed by atoms with Crippen LogP contribution in [0.5, 0.6) is 0 Å². The Kier molecular flexibility index (Phi) is 2.79. The maximum absolute atomic E-state index is 2.22. The highest BCUT2D eigenvalue weighted by Crippen LogP contribution is 2.37. The average Bonchev–Trinajstić information content (AvgIpc) is 2.36. The summed E-state index contributed by atoms with van der Waals surface area (Å²) in [6.45, 7) is 0. The van der Waals surface area contributed by atoms with Crippen LogP contribution in [-0.4, -0.2) is 0 Å². The quantitative estimate of drug-likeness (QED) is 0.689. The summed E-state index contributed by atoms with van der Waals surface area (Å²) in [6.07, 6.45) is 3.87. The van der Waals surface area contributed by atoms with Crippen LogP contribution in [0, 0.1) is 0 Å². The van der Waals surface area contributed by atoms with Crippen molar-refractivity contribution in [3.63, 3.8) is 0 Å². The Morgan fingerprint density at radius 3 is 1.47 bits per heavy atom. The number of hydrogen-bond donors (Lipinski definition) is 0. The molecule has 2 aromatic rings. The molecule has 0 bridgehead atoms. The second-order valence-electron chi connectivity index (χ2n) is 4.56. The van der Waals surface area contributed by atoms with Gasteiger partial charge in [-0.2, -0.15) is 0 Å². The molecule has 0 saturated heterocycles. The zero-order valence-electron chi connectivity index (χ0n) is 9.89. The highest BCUT2D eigenvalue weighted by Gasteiger charge is 2.16. The smallest absolute Gasteiger partial charge is 0.0119 e. The summed E-state index contributed by atoms with van der Waals surface area (Å²) < 4.78 is 0. The van der Waals surface area contributed by atoms with Crippen LogP contribution in [0.1, 0.15) is 30.4 Å². The third-order valence-electron chi connectivity index (χ3n) is 3.44. The molecule has 0 atom stereocenters. The second-order valence-corrected chi connectivity index (χ2v) is 4.56. The Morgan fingerprint density at radius 1 is 0.647 bits per heavy atom. The molecule has 84 valence electrons. The average molecular weight is 220 g/mol. The van der Waals surface area contributed by atoms with Crippen molar-refractivity contribution in [2.45, 2.75) is 19.3 Å². The Labute approximate surface area is 103 Å². The predicted octanol–water partition coefficient (Wildman–Crippen LogP) is 4.67. The highest BCUT2D eigenvalue weighted by molar-refractivity contribution is 5.82. The van der Waals surface area contributed by atoms with Gasteiger partial charge in [0.1, 0.15) is 0 Å². The molecule has 0 heteroatoms. The minimum atomic E-state index is 1.26. The van der Waals surface area contributed by atoms with Gasteiger partial charge in [0, 0.05) is 0 Å². The third kappa shape index (κ3) is 2.03. The van der Waals surface area contributed by atoms with E-state index in [1.165, 1.54) is 36.0 Å². The van der Waals surface area contributed by atoms with E-state index in [0.717, 1.165) is 0 Å². The van der Waals surface area contributed by atoms with Gasteiger partial charge in [-0.15, -0.1) is 0 Å². The van der Waals surface area contributed by atoms with Gasteiger partial charge >= 0.3 is 0 Å². The van der Waals surface area contributed by atoms with Gasteiger partial charge in [0.05, 0.1) is 0 Å². The molecule has 0 aliphatic heterocycles. The molecule has 0 N–H and O–H groups in total. The van der Waals surface area contributed by atoms with E-state index < -0.39 is 0 Å². The maximum atomic E-state index is 2.22. The van der Waals surface area contributed by atoms with Gasteiger partial charge in [0.15, 0.2) is 0 Å². The Hall–Kier alpha value is -1.82. The lowest BCUT2D eigenvalue weighted by Gasteiger charge is -2.23. The molecule has 1 aliphatic carbocycles. The van der Waals surface area contributed by atoms with E-state index in [4.69, 9.17) is 0 Å². The van der Waals surface area contributed by atoms with Gasteiger partial charge < -0.3 is 0 Å². The fourth-order valence-electron chi connectivity index (χ4n) is 2.39. The van der Waals surface area contributed by atoms with Crippen molar-refractivity contribution < 1.29 is 0 Å². The zero-order valence-corrected chi connectivity index (χ0v) is 9.89. The summed E-state index contributed by atoms with van der Waals surface area (Å²) in [4.78, 5) is 0. The third-order valence-corrected chi connectivity index (χ3v) is 3.44. The zero-order chi connectivity index (χ0) is 11.5. The van der Waals surface area contributed by atoms with Gasteiger partial charge in [0.2, 0.25) is 0 Å². The van der Waals surface area contributed by atoms with E-state index in [0.29, 0.717) is 0 Å². The molecule has 0 radical (unpaired) electrons. The molecule has 0 aromatic heterocycles. The van der Waals surface area contributed by atoms with Crippen LogP contribution in [0.3, 0.4) is 0 Å².